The number of benzene rings is 2. The molecule has 116 valence electrons. The number of imidazole rings is 1. The summed E-state index contributed by atoms with van der Waals surface area (Å²) >= 11 is 3.56. The highest BCUT2D eigenvalue weighted by atomic mass is 79.9. The highest BCUT2D eigenvalue weighted by molar-refractivity contribution is 9.10. The van der Waals surface area contributed by atoms with Crippen molar-refractivity contribution in [3.05, 3.63) is 76.5 Å². The topological polar surface area (TPSA) is 17.8 Å². The van der Waals surface area contributed by atoms with E-state index in [9.17, 15) is 0 Å². The van der Waals surface area contributed by atoms with Crippen molar-refractivity contribution < 1.29 is 0 Å². The van der Waals surface area contributed by atoms with Gasteiger partial charge in [-0.05, 0) is 35.6 Å². The smallest absolute Gasteiger partial charge is 0.141 e. The first-order valence-corrected chi connectivity index (χ1v) is 8.82. The van der Waals surface area contributed by atoms with E-state index >= 15 is 0 Å². The van der Waals surface area contributed by atoms with Gasteiger partial charge in [0.05, 0.1) is 5.54 Å². The Hall–Kier alpha value is -1.87. The van der Waals surface area contributed by atoms with Gasteiger partial charge in [-0.1, -0.05) is 66.2 Å². The van der Waals surface area contributed by atoms with Crippen LogP contribution < -0.4 is 0 Å². The van der Waals surface area contributed by atoms with E-state index in [1.165, 1.54) is 16.7 Å². The van der Waals surface area contributed by atoms with E-state index in [1.807, 2.05) is 6.20 Å². The molecule has 0 fully saturated rings. The van der Waals surface area contributed by atoms with Crippen molar-refractivity contribution in [3.63, 3.8) is 0 Å². The average Bonchev–Trinajstić information content (AvgIpc) is 3.11. The van der Waals surface area contributed by atoms with Crippen LogP contribution in [0.25, 0.3) is 11.4 Å². The maximum Gasteiger partial charge on any atom is 0.141 e. The standard InChI is InChI=1S/C20H19BrN2/c1-14(2)13-20(15-7-9-16(21)10-8-15)18-6-4-3-5-17(18)19-22-11-12-23(19)20/h3-12,14H,13H2,1-2H3. The van der Waals surface area contributed by atoms with Crippen LogP contribution in [-0.2, 0) is 5.54 Å². The summed E-state index contributed by atoms with van der Waals surface area (Å²) in [5.41, 5.74) is 3.76. The van der Waals surface area contributed by atoms with Crippen LogP contribution in [0, 0.1) is 5.92 Å². The van der Waals surface area contributed by atoms with Crippen LogP contribution in [0.5, 0.6) is 0 Å². The molecule has 23 heavy (non-hydrogen) atoms. The molecular formula is C20H19BrN2. The molecule has 0 spiro atoms. The number of rotatable bonds is 3. The molecule has 0 bridgehead atoms. The fraction of sp³-hybridized carbons (Fsp3) is 0.250. The molecule has 0 saturated carbocycles. The van der Waals surface area contributed by atoms with Crippen LogP contribution in [-0.4, -0.2) is 9.55 Å². The predicted octanol–water partition coefficient (Wildman–Crippen LogP) is 5.46. The summed E-state index contributed by atoms with van der Waals surface area (Å²) in [6.07, 6.45) is 5.09. The van der Waals surface area contributed by atoms with Crippen LogP contribution in [0.1, 0.15) is 31.4 Å². The van der Waals surface area contributed by atoms with Gasteiger partial charge in [-0.25, -0.2) is 4.98 Å². The third-order valence-electron chi connectivity index (χ3n) is 4.69. The number of hydrogen-bond donors (Lipinski definition) is 0. The highest BCUT2D eigenvalue weighted by Crippen LogP contribution is 2.50. The second-order valence-corrected chi connectivity index (χ2v) is 7.55. The monoisotopic (exact) mass is 366 g/mol. The normalized spacial score (nSPS) is 19.0. The average molecular weight is 367 g/mol. The Bertz CT molecular complexity index is 848. The third-order valence-corrected chi connectivity index (χ3v) is 5.22. The summed E-state index contributed by atoms with van der Waals surface area (Å²) in [4.78, 5) is 4.64. The van der Waals surface area contributed by atoms with Crippen LogP contribution >= 0.6 is 15.9 Å². The summed E-state index contributed by atoms with van der Waals surface area (Å²) in [5.74, 6) is 1.64. The van der Waals surface area contributed by atoms with Crippen molar-refractivity contribution in [1.82, 2.24) is 9.55 Å². The first kappa shape index (κ1) is 14.7. The first-order chi connectivity index (χ1) is 11.1. The summed E-state index contributed by atoms with van der Waals surface area (Å²) in [6, 6.07) is 17.4. The van der Waals surface area contributed by atoms with E-state index in [0.717, 1.165) is 16.7 Å². The SMILES string of the molecule is CC(C)CC1(c2ccc(Br)cc2)c2ccccc2-c2nccn21. The van der Waals surface area contributed by atoms with Crippen molar-refractivity contribution in [1.29, 1.82) is 0 Å². The molecule has 1 aliphatic rings. The van der Waals surface area contributed by atoms with Gasteiger partial charge >= 0.3 is 0 Å². The molecule has 3 aromatic rings. The minimum Gasteiger partial charge on any atom is -0.317 e. The Morgan fingerprint density at radius 1 is 1.09 bits per heavy atom. The maximum absolute atomic E-state index is 4.64. The maximum atomic E-state index is 4.64. The molecule has 2 nitrogen and oxygen atoms in total. The molecule has 1 aromatic heterocycles. The Morgan fingerprint density at radius 3 is 2.57 bits per heavy atom. The number of fused-ring (bicyclic) bond motifs is 3. The van der Waals surface area contributed by atoms with E-state index < -0.39 is 0 Å². The molecule has 0 aliphatic carbocycles. The highest BCUT2D eigenvalue weighted by Gasteiger charge is 2.44. The molecule has 4 rings (SSSR count). The number of aromatic nitrogens is 2. The molecule has 2 heterocycles. The quantitative estimate of drug-likeness (QED) is 0.601. The van der Waals surface area contributed by atoms with E-state index in [4.69, 9.17) is 0 Å². The second-order valence-electron chi connectivity index (χ2n) is 6.63. The Kier molecular flexibility index (Phi) is 3.42. The van der Waals surface area contributed by atoms with E-state index in [0.29, 0.717) is 5.92 Å². The van der Waals surface area contributed by atoms with E-state index in [-0.39, 0.29) is 5.54 Å². The Morgan fingerprint density at radius 2 is 1.83 bits per heavy atom. The molecule has 0 amide bonds. The van der Waals surface area contributed by atoms with Crippen molar-refractivity contribution in [2.45, 2.75) is 25.8 Å². The minimum absolute atomic E-state index is 0.169. The zero-order valence-electron chi connectivity index (χ0n) is 13.3. The van der Waals surface area contributed by atoms with Gasteiger partial charge in [-0.2, -0.15) is 0 Å². The predicted molar refractivity (Wildman–Crippen MR) is 97.4 cm³/mol. The van der Waals surface area contributed by atoms with Crippen molar-refractivity contribution in [2.75, 3.05) is 0 Å². The number of nitrogens with zero attached hydrogens (tertiary/aromatic N) is 2. The summed E-state index contributed by atoms with van der Waals surface area (Å²) < 4.78 is 3.47. The van der Waals surface area contributed by atoms with Crippen molar-refractivity contribution in [3.8, 4) is 11.4 Å². The van der Waals surface area contributed by atoms with Crippen LogP contribution in [0.4, 0.5) is 0 Å². The van der Waals surface area contributed by atoms with Gasteiger partial charge in [-0.3, -0.25) is 0 Å². The number of hydrogen-bond acceptors (Lipinski definition) is 1. The van der Waals surface area contributed by atoms with E-state index in [1.54, 1.807) is 0 Å². The lowest BCUT2D eigenvalue weighted by Crippen LogP contribution is -2.34. The summed E-state index contributed by atoms with van der Waals surface area (Å²) in [5, 5.41) is 0. The molecule has 2 aromatic carbocycles. The molecule has 1 unspecified atom stereocenters. The van der Waals surface area contributed by atoms with Gasteiger partial charge in [0, 0.05) is 22.4 Å². The van der Waals surface area contributed by atoms with Gasteiger partial charge in [0.1, 0.15) is 5.82 Å². The van der Waals surface area contributed by atoms with Gasteiger partial charge < -0.3 is 4.57 Å². The van der Waals surface area contributed by atoms with Gasteiger partial charge in [0.15, 0.2) is 0 Å². The zero-order chi connectivity index (χ0) is 16.0. The second kappa shape index (κ2) is 5.34. The Balaban J connectivity index is 2.05. The fourth-order valence-electron chi connectivity index (χ4n) is 3.92. The minimum atomic E-state index is -0.169. The lowest BCUT2D eigenvalue weighted by Gasteiger charge is -2.35. The van der Waals surface area contributed by atoms with Gasteiger partial charge in [-0.15, -0.1) is 0 Å². The molecule has 0 N–H and O–H groups in total. The number of halogens is 1. The molecule has 3 heteroatoms. The lowest BCUT2D eigenvalue weighted by atomic mass is 9.77. The molecular weight excluding hydrogens is 348 g/mol. The van der Waals surface area contributed by atoms with Crippen molar-refractivity contribution in [2.24, 2.45) is 5.92 Å². The van der Waals surface area contributed by atoms with Gasteiger partial charge in [0.25, 0.3) is 0 Å². The van der Waals surface area contributed by atoms with E-state index in [2.05, 4.69) is 94.1 Å². The molecule has 1 aliphatic heterocycles. The molecule has 0 radical (unpaired) electrons. The van der Waals surface area contributed by atoms with Crippen LogP contribution in [0.3, 0.4) is 0 Å². The largest absolute Gasteiger partial charge is 0.317 e. The summed E-state index contributed by atoms with van der Waals surface area (Å²) in [7, 11) is 0. The molecule has 1 atom stereocenters. The van der Waals surface area contributed by atoms with Crippen LogP contribution in [0.15, 0.2) is 65.4 Å². The lowest BCUT2D eigenvalue weighted by molar-refractivity contribution is 0.358. The van der Waals surface area contributed by atoms with Gasteiger partial charge in [0.2, 0.25) is 0 Å². The van der Waals surface area contributed by atoms with Crippen LogP contribution in [0.2, 0.25) is 0 Å². The summed E-state index contributed by atoms with van der Waals surface area (Å²) in [6.45, 7) is 4.58. The van der Waals surface area contributed by atoms with Crippen molar-refractivity contribution >= 4 is 15.9 Å². The Labute approximate surface area is 145 Å². The first-order valence-electron chi connectivity index (χ1n) is 8.02. The zero-order valence-corrected chi connectivity index (χ0v) is 14.9. The fourth-order valence-corrected chi connectivity index (χ4v) is 4.18. The third kappa shape index (κ3) is 2.10. The molecule has 0 saturated heterocycles.